The number of H-pyrrole nitrogens is 2. The normalized spacial score (nSPS) is 11.1. The first-order chi connectivity index (χ1) is 12.2. The molecule has 0 aliphatic heterocycles. The van der Waals surface area contributed by atoms with E-state index < -0.39 is 0 Å². The van der Waals surface area contributed by atoms with Crippen LogP contribution in [0.4, 0.5) is 0 Å². The third kappa shape index (κ3) is 3.70. The summed E-state index contributed by atoms with van der Waals surface area (Å²) < 4.78 is 10.2. The first-order valence-corrected chi connectivity index (χ1v) is 7.98. The predicted molar refractivity (Wildman–Crippen MR) is 97.6 cm³/mol. The minimum absolute atomic E-state index is 0. The number of amides is 1. The fraction of sp³-hybridized carbons (Fsp3) is 0.353. The van der Waals surface area contributed by atoms with Crippen LogP contribution in [0.2, 0.25) is 0 Å². The highest BCUT2D eigenvalue weighted by atomic mass is 16.5. The maximum absolute atomic E-state index is 12.8. The lowest BCUT2D eigenvalue weighted by Crippen LogP contribution is -2.36. The average Bonchev–Trinajstić information content (AvgIpc) is 3.30. The molecule has 0 saturated heterocycles. The third-order valence-corrected chi connectivity index (χ3v) is 3.96. The molecule has 136 valence electrons. The Bertz CT molecular complexity index is 844. The molecular weight excluding hydrogens is 322 g/mol. The summed E-state index contributed by atoms with van der Waals surface area (Å²) in [4.78, 5) is 29.1. The number of fused-ring (bicyclic) bond motifs is 1. The number of nitrogens with zero attached hydrogens (tertiary/aromatic N) is 3. The second-order valence-electron chi connectivity index (χ2n) is 5.54. The van der Waals surface area contributed by atoms with Gasteiger partial charge in [0, 0.05) is 53.5 Å². The molecule has 0 aliphatic rings. The van der Waals surface area contributed by atoms with Gasteiger partial charge in [0.2, 0.25) is 0 Å². The molecule has 2 N–H and O–H groups in total. The van der Waals surface area contributed by atoms with Crippen molar-refractivity contribution in [3.63, 3.8) is 0 Å². The molecule has 0 spiro atoms. The molecular formula is C17H25N5O3. The number of ether oxygens (including phenoxy) is 2. The molecule has 0 aromatic carbocycles. The number of rotatable bonds is 8. The van der Waals surface area contributed by atoms with Crippen molar-refractivity contribution in [3.8, 4) is 11.3 Å². The Kier molecular flexibility index (Phi) is 5.42. The van der Waals surface area contributed by atoms with E-state index in [4.69, 9.17) is 9.47 Å². The van der Waals surface area contributed by atoms with Crippen molar-refractivity contribution in [1.82, 2.24) is 24.8 Å². The van der Waals surface area contributed by atoms with E-state index in [0.29, 0.717) is 32.0 Å². The molecule has 0 bridgehead atoms. The second-order valence-corrected chi connectivity index (χ2v) is 5.54. The zero-order valence-corrected chi connectivity index (χ0v) is 14.3. The molecule has 0 fully saturated rings. The quantitative estimate of drug-likeness (QED) is 0.651. The first kappa shape index (κ1) is 17.1. The van der Waals surface area contributed by atoms with Gasteiger partial charge in [-0.1, -0.05) is 0 Å². The molecule has 3 aromatic heterocycles. The largest absolute Gasteiger partial charge is 0.383 e. The molecule has 0 atom stereocenters. The zero-order chi connectivity index (χ0) is 17.6. The van der Waals surface area contributed by atoms with E-state index in [1.54, 1.807) is 25.3 Å². The number of aromatic nitrogens is 4. The van der Waals surface area contributed by atoms with Crippen LogP contribution in [-0.2, 0) is 9.47 Å². The first-order valence-electron chi connectivity index (χ1n) is 7.98. The van der Waals surface area contributed by atoms with Crippen molar-refractivity contribution in [3.05, 3.63) is 36.5 Å². The maximum Gasteiger partial charge on any atom is 0.270 e. The number of methoxy groups -OCH3 is 2. The van der Waals surface area contributed by atoms with Crippen molar-refractivity contribution >= 4 is 16.9 Å². The second kappa shape index (κ2) is 7.91. The summed E-state index contributed by atoms with van der Waals surface area (Å²) in [6.45, 7) is 1.95. The van der Waals surface area contributed by atoms with Gasteiger partial charge in [0.25, 0.3) is 5.91 Å². The lowest BCUT2D eigenvalue weighted by Gasteiger charge is -2.21. The fourth-order valence-corrected chi connectivity index (χ4v) is 2.65. The Balaban J connectivity index is 0.00000182. The van der Waals surface area contributed by atoms with E-state index in [-0.39, 0.29) is 8.76 Å². The summed E-state index contributed by atoms with van der Waals surface area (Å²) in [5.41, 5.74) is 2.89. The summed E-state index contributed by atoms with van der Waals surface area (Å²) in [6, 6.07) is 3.73. The maximum atomic E-state index is 12.8. The molecule has 3 heterocycles. The number of aromatic amines is 2. The highest BCUT2D eigenvalue weighted by molar-refractivity contribution is 5.96. The fourth-order valence-electron chi connectivity index (χ4n) is 2.65. The van der Waals surface area contributed by atoms with Crippen molar-refractivity contribution < 1.29 is 17.1 Å². The number of nitrogens with one attached hydrogen (secondary N) is 2. The summed E-state index contributed by atoms with van der Waals surface area (Å²) >= 11 is 0. The highest BCUT2D eigenvalue weighted by Crippen LogP contribution is 2.25. The minimum atomic E-state index is -0.0975. The van der Waals surface area contributed by atoms with Crippen molar-refractivity contribution in [2.24, 2.45) is 0 Å². The van der Waals surface area contributed by atoms with Gasteiger partial charge >= 0.3 is 0 Å². The van der Waals surface area contributed by atoms with Gasteiger partial charge in [-0.15, -0.1) is 0 Å². The van der Waals surface area contributed by atoms with Gasteiger partial charge in [-0.2, -0.15) is 0 Å². The number of hydrogen-bond donors (Lipinski definition) is 2. The molecule has 0 radical (unpaired) electrons. The van der Waals surface area contributed by atoms with Gasteiger partial charge < -0.3 is 24.3 Å². The predicted octanol–water partition coefficient (Wildman–Crippen LogP) is 2.18. The van der Waals surface area contributed by atoms with Crippen LogP contribution in [0.5, 0.6) is 0 Å². The lowest BCUT2D eigenvalue weighted by molar-refractivity contribution is 0.0622. The van der Waals surface area contributed by atoms with Gasteiger partial charge in [-0.25, -0.2) is 9.97 Å². The molecule has 8 heteroatoms. The van der Waals surface area contributed by atoms with Gasteiger partial charge in [0.15, 0.2) is 0 Å². The van der Waals surface area contributed by atoms with Gasteiger partial charge in [0.1, 0.15) is 17.7 Å². The SMILES string of the molecule is COCCN(CCOC)C(=O)c1cc(-c2ncnc3[nH]ccc23)c[nH]1.[HH].[HH]. The zero-order valence-electron chi connectivity index (χ0n) is 14.3. The molecule has 3 rings (SSSR count). The molecule has 8 nitrogen and oxygen atoms in total. The Morgan fingerprint density at radius 2 is 1.96 bits per heavy atom. The molecule has 0 aliphatic carbocycles. The van der Waals surface area contributed by atoms with E-state index in [1.165, 1.54) is 6.33 Å². The van der Waals surface area contributed by atoms with Gasteiger partial charge in [0.05, 0.1) is 18.9 Å². The Morgan fingerprint density at radius 1 is 1.20 bits per heavy atom. The van der Waals surface area contributed by atoms with Crippen LogP contribution in [0.3, 0.4) is 0 Å². The Labute approximate surface area is 148 Å². The lowest BCUT2D eigenvalue weighted by atomic mass is 10.1. The minimum Gasteiger partial charge on any atom is -0.383 e. The molecule has 25 heavy (non-hydrogen) atoms. The molecule has 0 saturated carbocycles. The van der Waals surface area contributed by atoms with E-state index in [0.717, 1.165) is 22.3 Å². The highest BCUT2D eigenvalue weighted by Gasteiger charge is 2.18. The van der Waals surface area contributed by atoms with Gasteiger partial charge in [-0.05, 0) is 12.1 Å². The third-order valence-electron chi connectivity index (χ3n) is 3.96. The number of carbonyl (C=O) groups is 1. The van der Waals surface area contributed by atoms with Crippen LogP contribution < -0.4 is 0 Å². The Morgan fingerprint density at radius 3 is 2.68 bits per heavy atom. The van der Waals surface area contributed by atoms with Crippen LogP contribution >= 0.6 is 0 Å². The van der Waals surface area contributed by atoms with Crippen LogP contribution in [0.25, 0.3) is 22.3 Å². The van der Waals surface area contributed by atoms with Crippen molar-refractivity contribution in [2.75, 3.05) is 40.5 Å². The molecule has 0 unspecified atom stereocenters. The number of hydrogen-bond acceptors (Lipinski definition) is 5. The van der Waals surface area contributed by atoms with E-state index >= 15 is 0 Å². The summed E-state index contributed by atoms with van der Waals surface area (Å²) in [6.07, 6.45) is 5.11. The van der Waals surface area contributed by atoms with Crippen LogP contribution in [0, 0.1) is 0 Å². The van der Waals surface area contributed by atoms with E-state index in [9.17, 15) is 4.79 Å². The van der Waals surface area contributed by atoms with Crippen molar-refractivity contribution in [1.29, 1.82) is 0 Å². The number of carbonyl (C=O) groups excluding carboxylic acids is 1. The van der Waals surface area contributed by atoms with E-state index in [1.807, 2.05) is 18.3 Å². The monoisotopic (exact) mass is 347 g/mol. The average molecular weight is 347 g/mol. The Hall–Kier alpha value is -2.71. The molecule has 1 amide bonds. The topological polar surface area (TPSA) is 96.1 Å². The van der Waals surface area contributed by atoms with Crippen LogP contribution in [0.15, 0.2) is 30.9 Å². The van der Waals surface area contributed by atoms with E-state index in [2.05, 4.69) is 19.9 Å². The smallest absolute Gasteiger partial charge is 0.270 e. The summed E-state index contributed by atoms with van der Waals surface area (Å²) in [7, 11) is 3.23. The van der Waals surface area contributed by atoms with Gasteiger partial charge in [-0.3, -0.25) is 4.79 Å². The summed E-state index contributed by atoms with van der Waals surface area (Å²) in [5.74, 6) is -0.0975. The van der Waals surface area contributed by atoms with Crippen LogP contribution in [0.1, 0.15) is 13.3 Å². The van der Waals surface area contributed by atoms with Crippen molar-refractivity contribution in [2.45, 2.75) is 0 Å². The standard InChI is InChI=1S/C17H21N5O3.2H2/c1-24-7-5-22(6-8-25-2)17(23)14-9-12(10-19-14)15-13-3-4-18-16(13)21-11-20-15;;/h3-4,9-11,19H,5-8H2,1-2H3,(H,18,20,21);2*1H. The van der Waals surface area contributed by atoms with Crippen LogP contribution in [-0.4, -0.2) is 71.3 Å². The summed E-state index contributed by atoms with van der Waals surface area (Å²) in [5, 5.41) is 0.913. The molecule has 3 aromatic rings.